The zero-order valence-corrected chi connectivity index (χ0v) is 17.8. The summed E-state index contributed by atoms with van der Waals surface area (Å²) in [6.45, 7) is 3.95. The van der Waals surface area contributed by atoms with Gasteiger partial charge in [-0.1, -0.05) is 17.7 Å². The minimum atomic E-state index is -3.53. The Morgan fingerprint density at radius 1 is 1.25 bits per heavy atom. The Bertz CT molecular complexity index is 757. The van der Waals surface area contributed by atoms with Crippen molar-refractivity contribution in [3.63, 3.8) is 0 Å². The average Bonchev–Trinajstić information content (AvgIpc) is 3.16. The number of halogens is 1. The molecular weight excluding hydrogens is 402 g/mol. The van der Waals surface area contributed by atoms with Gasteiger partial charge >= 0.3 is 0 Å². The second kappa shape index (κ2) is 10.0. The van der Waals surface area contributed by atoms with Crippen LogP contribution >= 0.6 is 12.4 Å². The Kier molecular flexibility index (Phi) is 8.27. The van der Waals surface area contributed by atoms with Gasteiger partial charge in [-0.2, -0.15) is 0 Å². The lowest BCUT2D eigenvalue weighted by Crippen LogP contribution is -2.47. The van der Waals surface area contributed by atoms with Crippen LogP contribution in [-0.2, 0) is 19.6 Å². The summed E-state index contributed by atoms with van der Waals surface area (Å²) in [7, 11) is -3.53. The van der Waals surface area contributed by atoms with Gasteiger partial charge in [-0.05, 0) is 50.7 Å². The maximum atomic E-state index is 12.7. The topological polar surface area (TPSA) is 102 Å². The van der Waals surface area contributed by atoms with Gasteiger partial charge in [-0.25, -0.2) is 13.1 Å². The van der Waals surface area contributed by atoms with Crippen molar-refractivity contribution < 1.29 is 17.9 Å². The first-order valence-electron chi connectivity index (χ1n) is 9.59. The van der Waals surface area contributed by atoms with Crippen LogP contribution in [-0.4, -0.2) is 57.6 Å². The zero-order valence-electron chi connectivity index (χ0n) is 16.2. The van der Waals surface area contributed by atoms with Gasteiger partial charge in [0.05, 0.1) is 11.0 Å². The van der Waals surface area contributed by atoms with E-state index in [0.717, 1.165) is 24.8 Å². The van der Waals surface area contributed by atoms with Crippen molar-refractivity contribution in [2.45, 2.75) is 49.7 Å². The standard InChI is InChI=1S/C19H29N3O4S.ClH/c1-14-4-7-17(8-5-14)27(24,25)21-12-15-3-2-10-22(13-15)19(23)18-9-6-16(11-20)26-18;/h4-5,7-8,15-16,18,21H,2-3,6,9-13,20H2,1H3;1H/t15?,16-,18+;/m1./s1. The fourth-order valence-electron chi connectivity index (χ4n) is 3.72. The van der Waals surface area contributed by atoms with Gasteiger partial charge in [0.15, 0.2) is 0 Å². The summed E-state index contributed by atoms with van der Waals surface area (Å²) < 4.78 is 33.3. The molecule has 158 valence electrons. The van der Waals surface area contributed by atoms with E-state index in [9.17, 15) is 13.2 Å². The van der Waals surface area contributed by atoms with Gasteiger partial charge in [-0.15, -0.1) is 12.4 Å². The molecule has 28 heavy (non-hydrogen) atoms. The Labute approximate surface area is 173 Å². The lowest BCUT2D eigenvalue weighted by Gasteiger charge is -2.34. The van der Waals surface area contributed by atoms with Crippen LogP contribution in [0.4, 0.5) is 0 Å². The number of hydrogen-bond donors (Lipinski definition) is 2. The van der Waals surface area contributed by atoms with Crippen molar-refractivity contribution in [2.75, 3.05) is 26.2 Å². The number of ether oxygens (including phenoxy) is 1. The minimum absolute atomic E-state index is 0. The number of amides is 1. The molecular formula is C19H30ClN3O4S. The van der Waals surface area contributed by atoms with E-state index < -0.39 is 16.1 Å². The number of sulfonamides is 1. The van der Waals surface area contributed by atoms with E-state index in [0.29, 0.717) is 32.6 Å². The summed E-state index contributed by atoms with van der Waals surface area (Å²) in [6, 6.07) is 6.79. The molecule has 0 radical (unpaired) electrons. The van der Waals surface area contributed by atoms with Gasteiger partial charge in [0.1, 0.15) is 6.10 Å². The normalized spacial score (nSPS) is 25.4. The number of nitrogens with two attached hydrogens (primary N) is 1. The molecule has 3 N–H and O–H groups in total. The van der Waals surface area contributed by atoms with Gasteiger partial charge in [0.2, 0.25) is 10.0 Å². The molecule has 9 heteroatoms. The molecule has 2 aliphatic rings. The first kappa shape index (κ1) is 23.1. The van der Waals surface area contributed by atoms with Crippen LogP contribution in [0.5, 0.6) is 0 Å². The number of benzene rings is 1. The van der Waals surface area contributed by atoms with E-state index in [1.807, 2.05) is 11.8 Å². The third-order valence-electron chi connectivity index (χ3n) is 5.37. The lowest BCUT2D eigenvalue weighted by molar-refractivity contribution is -0.144. The van der Waals surface area contributed by atoms with Crippen molar-refractivity contribution in [2.24, 2.45) is 11.7 Å². The molecule has 1 amide bonds. The summed E-state index contributed by atoms with van der Waals surface area (Å²) >= 11 is 0. The number of piperidine rings is 1. The van der Waals surface area contributed by atoms with E-state index in [2.05, 4.69) is 4.72 Å². The number of aryl methyl sites for hydroxylation is 1. The molecule has 2 heterocycles. The van der Waals surface area contributed by atoms with Crippen molar-refractivity contribution in [3.8, 4) is 0 Å². The number of hydrogen-bond acceptors (Lipinski definition) is 5. The van der Waals surface area contributed by atoms with Crippen LogP contribution < -0.4 is 10.5 Å². The average molecular weight is 432 g/mol. The summed E-state index contributed by atoms with van der Waals surface area (Å²) in [5.74, 6) is 0.117. The fraction of sp³-hybridized carbons (Fsp3) is 0.632. The summed E-state index contributed by atoms with van der Waals surface area (Å²) in [6.07, 6.45) is 2.87. The SMILES string of the molecule is Cc1ccc(S(=O)(=O)NCC2CCCN(C(=O)[C@@H]3CC[C@H](CN)O3)C2)cc1.Cl. The monoisotopic (exact) mass is 431 g/mol. The quantitative estimate of drug-likeness (QED) is 0.709. The van der Waals surface area contributed by atoms with E-state index in [-0.39, 0.29) is 35.2 Å². The molecule has 1 aromatic carbocycles. The van der Waals surface area contributed by atoms with Crippen molar-refractivity contribution in [3.05, 3.63) is 29.8 Å². The maximum Gasteiger partial charge on any atom is 0.251 e. The van der Waals surface area contributed by atoms with E-state index in [1.54, 1.807) is 24.3 Å². The summed E-state index contributed by atoms with van der Waals surface area (Å²) in [5, 5.41) is 0. The Balaban J connectivity index is 0.00000280. The zero-order chi connectivity index (χ0) is 19.4. The van der Waals surface area contributed by atoms with Gasteiger partial charge in [0.25, 0.3) is 5.91 Å². The number of likely N-dealkylation sites (tertiary alicyclic amines) is 1. The highest BCUT2D eigenvalue weighted by atomic mass is 35.5. The van der Waals surface area contributed by atoms with Crippen LogP contribution in [0.1, 0.15) is 31.2 Å². The summed E-state index contributed by atoms with van der Waals surface area (Å²) in [5.41, 5.74) is 6.63. The Morgan fingerprint density at radius 2 is 1.96 bits per heavy atom. The van der Waals surface area contributed by atoms with E-state index in [4.69, 9.17) is 10.5 Å². The molecule has 0 bridgehead atoms. The largest absolute Gasteiger partial charge is 0.364 e. The molecule has 3 rings (SSSR count). The minimum Gasteiger partial charge on any atom is -0.364 e. The number of nitrogens with zero attached hydrogens (tertiary/aromatic N) is 1. The second-order valence-corrected chi connectivity index (χ2v) is 9.28. The first-order chi connectivity index (χ1) is 12.9. The predicted octanol–water partition coefficient (Wildman–Crippen LogP) is 1.44. The molecule has 2 saturated heterocycles. The molecule has 1 aromatic rings. The Morgan fingerprint density at radius 3 is 2.61 bits per heavy atom. The van der Waals surface area contributed by atoms with Crippen molar-refractivity contribution in [1.82, 2.24) is 9.62 Å². The van der Waals surface area contributed by atoms with Crippen molar-refractivity contribution >= 4 is 28.3 Å². The molecule has 0 aliphatic carbocycles. The van der Waals surface area contributed by atoms with Crippen LogP contribution in [0.15, 0.2) is 29.2 Å². The van der Waals surface area contributed by atoms with Gasteiger partial charge in [0, 0.05) is 26.2 Å². The maximum absolute atomic E-state index is 12.7. The summed E-state index contributed by atoms with van der Waals surface area (Å²) in [4.78, 5) is 14.8. The molecule has 2 aliphatic heterocycles. The number of nitrogens with one attached hydrogen (secondary N) is 1. The molecule has 2 fully saturated rings. The second-order valence-electron chi connectivity index (χ2n) is 7.52. The number of carbonyl (C=O) groups excluding carboxylic acids is 1. The molecule has 0 aromatic heterocycles. The smallest absolute Gasteiger partial charge is 0.251 e. The lowest BCUT2D eigenvalue weighted by atomic mass is 9.97. The van der Waals surface area contributed by atoms with E-state index >= 15 is 0 Å². The fourth-order valence-corrected chi connectivity index (χ4v) is 4.84. The molecule has 7 nitrogen and oxygen atoms in total. The third-order valence-corrected chi connectivity index (χ3v) is 6.81. The third kappa shape index (κ3) is 5.67. The highest BCUT2D eigenvalue weighted by molar-refractivity contribution is 7.89. The predicted molar refractivity (Wildman–Crippen MR) is 110 cm³/mol. The van der Waals surface area contributed by atoms with Crippen LogP contribution in [0.3, 0.4) is 0 Å². The van der Waals surface area contributed by atoms with Crippen LogP contribution in [0.2, 0.25) is 0 Å². The molecule has 0 saturated carbocycles. The number of carbonyl (C=O) groups is 1. The highest BCUT2D eigenvalue weighted by Crippen LogP contribution is 2.24. The van der Waals surface area contributed by atoms with Gasteiger partial charge < -0.3 is 15.4 Å². The van der Waals surface area contributed by atoms with E-state index in [1.165, 1.54) is 0 Å². The number of rotatable bonds is 6. The van der Waals surface area contributed by atoms with Crippen LogP contribution in [0, 0.1) is 12.8 Å². The highest BCUT2D eigenvalue weighted by Gasteiger charge is 2.35. The molecule has 3 atom stereocenters. The van der Waals surface area contributed by atoms with Crippen molar-refractivity contribution in [1.29, 1.82) is 0 Å². The Hall–Kier alpha value is -1.19. The molecule has 1 unspecified atom stereocenters. The molecule has 0 spiro atoms. The first-order valence-corrected chi connectivity index (χ1v) is 11.1. The van der Waals surface area contributed by atoms with Gasteiger partial charge in [-0.3, -0.25) is 4.79 Å². The van der Waals surface area contributed by atoms with Crippen LogP contribution in [0.25, 0.3) is 0 Å².